The number of oxazole rings is 1. The van der Waals surface area contributed by atoms with Crippen molar-refractivity contribution in [3.05, 3.63) is 18.0 Å². The fraction of sp³-hybridized carbons (Fsp3) is 0.545. The van der Waals surface area contributed by atoms with Crippen molar-refractivity contribution in [2.45, 2.75) is 38.1 Å². The summed E-state index contributed by atoms with van der Waals surface area (Å²) in [4.78, 5) is 8.42. The van der Waals surface area contributed by atoms with Crippen LogP contribution in [0.15, 0.2) is 15.3 Å². The van der Waals surface area contributed by atoms with Crippen molar-refractivity contribution in [1.82, 2.24) is 15.1 Å². The molecule has 2 aromatic heterocycles. The predicted molar refractivity (Wildman–Crippen MR) is 66.1 cm³/mol. The molecule has 98 valence electrons. The number of aromatic nitrogens is 3. The zero-order valence-electron chi connectivity index (χ0n) is 10.0. The molecule has 1 aliphatic rings. The van der Waals surface area contributed by atoms with Crippen LogP contribution in [-0.4, -0.2) is 15.1 Å². The number of nitrogens with two attached hydrogens (primary N) is 1. The van der Waals surface area contributed by atoms with E-state index in [0.29, 0.717) is 17.4 Å². The fourth-order valence-corrected chi connectivity index (χ4v) is 2.00. The quantitative estimate of drug-likeness (QED) is 0.918. The Kier molecular flexibility index (Phi) is 3.41. The standard InChI is InChI=1S/C11H14N4O2.ClH/c1-2-7-8(13-6-16-7)9-14-10(15-17-9)11(12)4-3-5-11;/h6H,2-5,12H2,1H3;1H. The van der Waals surface area contributed by atoms with Crippen LogP contribution >= 0.6 is 12.4 Å². The van der Waals surface area contributed by atoms with E-state index < -0.39 is 5.54 Å². The third-order valence-corrected chi connectivity index (χ3v) is 3.28. The Hall–Kier alpha value is -1.40. The van der Waals surface area contributed by atoms with E-state index in [1.54, 1.807) is 0 Å². The van der Waals surface area contributed by atoms with Gasteiger partial charge >= 0.3 is 0 Å². The molecule has 1 fully saturated rings. The fourth-order valence-electron chi connectivity index (χ4n) is 2.00. The summed E-state index contributed by atoms with van der Waals surface area (Å²) in [6.45, 7) is 1.98. The summed E-state index contributed by atoms with van der Waals surface area (Å²) < 4.78 is 10.4. The van der Waals surface area contributed by atoms with Gasteiger partial charge in [0, 0.05) is 6.42 Å². The Morgan fingerprint density at radius 2 is 2.22 bits per heavy atom. The van der Waals surface area contributed by atoms with Crippen molar-refractivity contribution in [3.63, 3.8) is 0 Å². The summed E-state index contributed by atoms with van der Waals surface area (Å²) >= 11 is 0. The average molecular weight is 271 g/mol. The molecule has 0 atom stereocenters. The van der Waals surface area contributed by atoms with Crippen molar-refractivity contribution in [2.75, 3.05) is 0 Å². The van der Waals surface area contributed by atoms with E-state index in [1.165, 1.54) is 6.39 Å². The minimum Gasteiger partial charge on any atom is -0.448 e. The molecule has 7 heteroatoms. The number of aryl methyl sites for hydroxylation is 1. The van der Waals surface area contributed by atoms with E-state index in [0.717, 1.165) is 31.4 Å². The van der Waals surface area contributed by atoms with Crippen LogP contribution in [0.25, 0.3) is 11.6 Å². The molecule has 0 saturated heterocycles. The van der Waals surface area contributed by atoms with E-state index in [9.17, 15) is 0 Å². The minimum absolute atomic E-state index is 0. The molecule has 2 N–H and O–H groups in total. The van der Waals surface area contributed by atoms with Crippen LogP contribution in [0.4, 0.5) is 0 Å². The number of hydrogen-bond acceptors (Lipinski definition) is 6. The highest BCUT2D eigenvalue weighted by Crippen LogP contribution is 2.37. The third-order valence-electron chi connectivity index (χ3n) is 3.28. The predicted octanol–water partition coefficient (Wildman–Crippen LogP) is 2.05. The monoisotopic (exact) mass is 270 g/mol. The van der Waals surface area contributed by atoms with E-state index >= 15 is 0 Å². The Balaban J connectivity index is 0.00000120. The first-order chi connectivity index (χ1) is 8.23. The molecule has 18 heavy (non-hydrogen) atoms. The Labute approximate surface area is 110 Å². The zero-order chi connectivity index (χ0) is 11.9. The van der Waals surface area contributed by atoms with Crippen molar-refractivity contribution in [1.29, 1.82) is 0 Å². The van der Waals surface area contributed by atoms with Gasteiger partial charge in [-0.15, -0.1) is 12.4 Å². The lowest BCUT2D eigenvalue weighted by atomic mass is 9.77. The molecule has 2 aromatic rings. The van der Waals surface area contributed by atoms with Gasteiger partial charge in [0.05, 0.1) is 5.54 Å². The SMILES string of the molecule is CCc1ocnc1-c1nc(C2(N)CCC2)no1.Cl. The Morgan fingerprint density at radius 1 is 1.44 bits per heavy atom. The zero-order valence-corrected chi connectivity index (χ0v) is 10.9. The molecule has 0 spiro atoms. The first-order valence-electron chi connectivity index (χ1n) is 5.79. The van der Waals surface area contributed by atoms with E-state index in [1.807, 2.05) is 6.92 Å². The van der Waals surface area contributed by atoms with Gasteiger partial charge in [-0.25, -0.2) is 4.98 Å². The summed E-state index contributed by atoms with van der Waals surface area (Å²) in [6.07, 6.45) is 5.06. The van der Waals surface area contributed by atoms with Crippen LogP contribution in [0.1, 0.15) is 37.8 Å². The van der Waals surface area contributed by atoms with Crippen LogP contribution in [0.2, 0.25) is 0 Å². The van der Waals surface area contributed by atoms with Gasteiger partial charge in [0.25, 0.3) is 5.89 Å². The van der Waals surface area contributed by atoms with Crippen LogP contribution < -0.4 is 5.73 Å². The van der Waals surface area contributed by atoms with Crippen LogP contribution in [0, 0.1) is 0 Å². The van der Waals surface area contributed by atoms with E-state index in [4.69, 9.17) is 14.7 Å². The maximum atomic E-state index is 6.13. The van der Waals surface area contributed by atoms with Gasteiger partial charge in [-0.05, 0) is 19.3 Å². The van der Waals surface area contributed by atoms with Gasteiger partial charge in [-0.3, -0.25) is 0 Å². The number of hydrogen-bond donors (Lipinski definition) is 1. The van der Waals surface area contributed by atoms with E-state index in [2.05, 4.69) is 15.1 Å². The first-order valence-corrected chi connectivity index (χ1v) is 5.79. The van der Waals surface area contributed by atoms with Gasteiger partial charge < -0.3 is 14.7 Å². The molecule has 1 saturated carbocycles. The Morgan fingerprint density at radius 3 is 2.83 bits per heavy atom. The molecule has 2 heterocycles. The molecule has 0 amide bonds. The molecule has 0 aromatic carbocycles. The summed E-state index contributed by atoms with van der Waals surface area (Å²) in [5.41, 5.74) is 6.35. The molecule has 0 bridgehead atoms. The van der Waals surface area contributed by atoms with Gasteiger partial charge in [0.15, 0.2) is 17.9 Å². The van der Waals surface area contributed by atoms with Gasteiger partial charge in [0.1, 0.15) is 5.76 Å². The maximum absolute atomic E-state index is 6.13. The molecule has 3 rings (SSSR count). The van der Waals surface area contributed by atoms with Crippen LogP contribution in [-0.2, 0) is 12.0 Å². The Bertz CT molecular complexity index is 533. The molecular formula is C11H15ClN4O2. The summed E-state index contributed by atoms with van der Waals surface area (Å²) in [6, 6.07) is 0. The molecule has 0 unspecified atom stereocenters. The lowest BCUT2D eigenvalue weighted by Gasteiger charge is -2.34. The largest absolute Gasteiger partial charge is 0.448 e. The topological polar surface area (TPSA) is 91.0 Å². The molecule has 0 aliphatic heterocycles. The highest BCUT2D eigenvalue weighted by molar-refractivity contribution is 5.85. The van der Waals surface area contributed by atoms with Gasteiger partial charge in [-0.1, -0.05) is 12.1 Å². The number of rotatable bonds is 3. The summed E-state index contributed by atoms with van der Waals surface area (Å²) in [5.74, 6) is 1.71. The number of nitrogens with zero attached hydrogens (tertiary/aromatic N) is 3. The molecule has 1 aliphatic carbocycles. The van der Waals surface area contributed by atoms with Gasteiger partial charge in [0.2, 0.25) is 0 Å². The normalized spacial score (nSPS) is 17.0. The number of halogens is 1. The van der Waals surface area contributed by atoms with Gasteiger partial charge in [-0.2, -0.15) is 4.98 Å². The van der Waals surface area contributed by atoms with Crippen LogP contribution in [0.5, 0.6) is 0 Å². The summed E-state index contributed by atoms with van der Waals surface area (Å²) in [5, 5.41) is 3.95. The maximum Gasteiger partial charge on any atom is 0.280 e. The lowest BCUT2D eigenvalue weighted by molar-refractivity contribution is 0.229. The highest BCUT2D eigenvalue weighted by atomic mass is 35.5. The van der Waals surface area contributed by atoms with Crippen LogP contribution in [0.3, 0.4) is 0 Å². The lowest BCUT2D eigenvalue weighted by Crippen LogP contribution is -2.44. The third kappa shape index (κ3) is 1.91. The summed E-state index contributed by atoms with van der Waals surface area (Å²) in [7, 11) is 0. The highest BCUT2D eigenvalue weighted by Gasteiger charge is 2.39. The second kappa shape index (κ2) is 4.70. The second-order valence-corrected chi connectivity index (χ2v) is 4.41. The second-order valence-electron chi connectivity index (χ2n) is 4.41. The molecule has 0 radical (unpaired) electrons. The molecular weight excluding hydrogens is 256 g/mol. The molecule has 6 nitrogen and oxygen atoms in total. The van der Waals surface area contributed by atoms with Crippen molar-refractivity contribution < 1.29 is 8.94 Å². The van der Waals surface area contributed by atoms with E-state index in [-0.39, 0.29) is 12.4 Å². The average Bonchev–Trinajstić information content (AvgIpc) is 2.93. The van der Waals surface area contributed by atoms with Crippen molar-refractivity contribution >= 4 is 12.4 Å². The van der Waals surface area contributed by atoms with Crippen molar-refractivity contribution in [2.24, 2.45) is 5.73 Å². The minimum atomic E-state index is -0.405. The van der Waals surface area contributed by atoms with Crippen molar-refractivity contribution in [3.8, 4) is 11.6 Å². The first kappa shape index (κ1) is 13.0. The smallest absolute Gasteiger partial charge is 0.280 e.